The molecule has 1 heterocycles. The summed E-state index contributed by atoms with van der Waals surface area (Å²) in [6, 6.07) is 0. The molecule has 0 radical (unpaired) electrons. The molecule has 15 heavy (non-hydrogen) atoms. The van der Waals surface area contributed by atoms with E-state index in [1.807, 2.05) is 0 Å². The fourth-order valence-electron chi connectivity index (χ4n) is 2.25. The highest BCUT2D eigenvalue weighted by Gasteiger charge is 2.29. The third kappa shape index (κ3) is 2.51. The summed E-state index contributed by atoms with van der Waals surface area (Å²) in [5.74, 6) is 3.40. The SMILES string of the molecule is CC1CCCC1c1nnc(CCCCl)o1. The minimum Gasteiger partial charge on any atom is -0.425 e. The maximum atomic E-state index is 5.66. The summed E-state index contributed by atoms with van der Waals surface area (Å²) in [6.07, 6.45) is 5.47. The van der Waals surface area contributed by atoms with Gasteiger partial charge in [0.1, 0.15) is 0 Å². The van der Waals surface area contributed by atoms with Crippen molar-refractivity contribution in [1.29, 1.82) is 0 Å². The maximum absolute atomic E-state index is 5.66. The van der Waals surface area contributed by atoms with Gasteiger partial charge >= 0.3 is 0 Å². The van der Waals surface area contributed by atoms with Gasteiger partial charge in [-0.15, -0.1) is 21.8 Å². The largest absolute Gasteiger partial charge is 0.425 e. The average molecular weight is 229 g/mol. The van der Waals surface area contributed by atoms with Crippen LogP contribution in [-0.4, -0.2) is 16.1 Å². The monoisotopic (exact) mass is 228 g/mol. The van der Waals surface area contributed by atoms with E-state index in [0.29, 0.717) is 17.7 Å². The molecule has 0 bridgehead atoms. The van der Waals surface area contributed by atoms with Crippen molar-refractivity contribution in [3.63, 3.8) is 0 Å². The first-order chi connectivity index (χ1) is 7.31. The van der Waals surface area contributed by atoms with Crippen molar-refractivity contribution >= 4 is 11.6 Å². The van der Waals surface area contributed by atoms with Crippen molar-refractivity contribution in [2.24, 2.45) is 5.92 Å². The molecule has 2 rings (SSSR count). The number of hydrogen-bond acceptors (Lipinski definition) is 3. The van der Waals surface area contributed by atoms with Crippen LogP contribution < -0.4 is 0 Å². The standard InChI is InChI=1S/C11H17ClN2O/c1-8-4-2-5-9(8)11-14-13-10(15-11)6-3-7-12/h8-9H,2-7H2,1H3. The van der Waals surface area contributed by atoms with E-state index in [0.717, 1.165) is 24.6 Å². The normalized spacial score (nSPS) is 26.0. The average Bonchev–Trinajstić information content (AvgIpc) is 2.83. The highest BCUT2D eigenvalue weighted by atomic mass is 35.5. The zero-order valence-electron chi connectivity index (χ0n) is 9.08. The van der Waals surface area contributed by atoms with Crippen LogP contribution in [0, 0.1) is 5.92 Å². The van der Waals surface area contributed by atoms with Gasteiger partial charge in [-0.25, -0.2) is 0 Å². The van der Waals surface area contributed by atoms with Gasteiger partial charge in [0.15, 0.2) is 0 Å². The number of rotatable bonds is 4. The fourth-order valence-corrected chi connectivity index (χ4v) is 2.38. The van der Waals surface area contributed by atoms with Gasteiger partial charge in [-0.2, -0.15) is 0 Å². The summed E-state index contributed by atoms with van der Waals surface area (Å²) in [6.45, 7) is 2.26. The van der Waals surface area contributed by atoms with Gasteiger partial charge < -0.3 is 4.42 Å². The Labute approximate surface area is 95.2 Å². The minimum atomic E-state index is 0.488. The highest BCUT2D eigenvalue weighted by molar-refractivity contribution is 6.17. The second-order valence-electron chi connectivity index (χ2n) is 4.34. The molecule has 0 amide bonds. The Kier molecular flexibility index (Phi) is 3.62. The van der Waals surface area contributed by atoms with Gasteiger partial charge in [-0.3, -0.25) is 0 Å². The van der Waals surface area contributed by atoms with E-state index in [2.05, 4.69) is 17.1 Å². The van der Waals surface area contributed by atoms with Crippen LogP contribution in [0.2, 0.25) is 0 Å². The summed E-state index contributed by atoms with van der Waals surface area (Å²) in [5, 5.41) is 8.20. The predicted molar refractivity (Wildman–Crippen MR) is 59.1 cm³/mol. The van der Waals surface area contributed by atoms with E-state index in [1.54, 1.807) is 0 Å². The number of hydrogen-bond donors (Lipinski definition) is 0. The van der Waals surface area contributed by atoms with Crippen LogP contribution in [0.3, 0.4) is 0 Å². The van der Waals surface area contributed by atoms with Crippen LogP contribution in [0.4, 0.5) is 0 Å². The minimum absolute atomic E-state index is 0.488. The van der Waals surface area contributed by atoms with Crippen molar-refractivity contribution < 1.29 is 4.42 Å². The van der Waals surface area contributed by atoms with Crippen LogP contribution >= 0.6 is 11.6 Å². The Hall–Kier alpha value is -0.570. The molecule has 84 valence electrons. The van der Waals surface area contributed by atoms with E-state index < -0.39 is 0 Å². The van der Waals surface area contributed by atoms with Gasteiger partial charge in [0.25, 0.3) is 0 Å². The lowest BCUT2D eigenvalue weighted by Gasteiger charge is -2.09. The van der Waals surface area contributed by atoms with Crippen LogP contribution in [0.5, 0.6) is 0 Å². The van der Waals surface area contributed by atoms with Crippen molar-refractivity contribution in [2.75, 3.05) is 5.88 Å². The first-order valence-corrected chi connectivity index (χ1v) is 6.23. The summed E-state index contributed by atoms with van der Waals surface area (Å²) in [5.41, 5.74) is 0. The van der Waals surface area contributed by atoms with Gasteiger partial charge in [-0.1, -0.05) is 13.3 Å². The van der Waals surface area contributed by atoms with Gasteiger partial charge in [0, 0.05) is 18.2 Å². The molecule has 3 nitrogen and oxygen atoms in total. The molecule has 2 atom stereocenters. The van der Waals surface area contributed by atoms with Gasteiger partial charge in [-0.05, 0) is 25.2 Å². The highest BCUT2D eigenvalue weighted by Crippen LogP contribution is 2.38. The number of nitrogens with zero attached hydrogens (tertiary/aromatic N) is 2. The van der Waals surface area contributed by atoms with Crippen molar-refractivity contribution in [3.05, 3.63) is 11.8 Å². The van der Waals surface area contributed by atoms with E-state index in [4.69, 9.17) is 16.0 Å². The molecule has 0 aromatic carbocycles. The Balaban J connectivity index is 1.99. The molecule has 0 aliphatic heterocycles. The molecule has 0 saturated heterocycles. The topological polar surface area (TPSA) is 38.9 Å². The second kappa shape index (κ2) is 4.97. The summed E-state index contributed by atoms with van der Waals surface area (Å²) in [4.78, 5) is 0. The third-order valence-corrected chi connectivity index (χ3v) is 3.45. The van der Waals surface area contributed by atoms with E-state index in [9.17, 15) is 0 Å². The van der Waals surface area contributed by atoms with Crippen molar-refractivity contribution in [1.82, 2.24) is 10.2 Å². The van der Waals surface area contributed by atoms with E-state index in [1.165, 1.54) is 19.3 Å². The summed E-state index contributed by atoms with van der Waals surface area (Å²) in [7, 11) is 0. The molecule has 1 aliphatic carbocycles. The molecule has 1 aliphatic rings. The van der Waals surface area contributed by atoms with E-state index >= 15 is 0 Å². The molecule has 0 N–H and O–H groups in total. The molecule has 1 saturated carbocycles. The quantitative estimate of drug-likeness (QED) is 0.744. The Morgan fingerprint density at radius 2 is 2.27 bits per heavy atom. The molecule has 0 spiro atoms. The van der Waals surface area contributed by atoms with Gasteiger partial charge in [0.2, 0.25) is 11.8 Å². The third-order valence-electron chi connectivity index (χ3n) is 3.19. The first-order valence-electron chi connectivity index (χ1n) is 5.69. The zero-order valence-corrected chi connectivity index (χ0v) is 9.83. The molecular weight excluding hydrogens is 212 g/mol. The zero-order chi connectivity index (χ0) is 10.7. The maximum Gasteiger partial charge on any atom is 0.219 e. The Morgan fingerprint density at radius 1 is 1.40 bits per heavy atom. The van der Waals surface area contributed by atoms with E-state index in [-0.39, 0.29) is 0 Å². The first kappa shape index (κ1) is 10.9. The number of aromatic nitrogens is 2. The second-order valence-corrected chi connectivity index (χ2v) is 4.72. The van der Waals surface area contributed by atoms with Gasteiger partial charge in [0.05, 0.1) is 0 Å². The van der Waals surface area contributed by atoms with Crippen LogP contribution in [0.15, 0.2) is 4.42 Å². The summed E-state index contributed by atoms with van der Waals surface area (Å²) >= 11 is 5.62. The Morgan fingerprint density at radius 3 is 2.93 bits per heavy atom. The molecular formula is C11H17ClN2O. The number of alkyl halides is 1. The lowest BCUT2D eigenvalue weighted by Crippen LogP contribution is -2.02. The lowest BCUT2D eigenvalue weighted by atomic mass is 9.98. The molecule has 1 fully saturated rings. The lowest BCUT2D eigenvalue weighted by molar-refractivity contribution is 0.379. The number of halogens is 1. The molecule has 1 aromatic heterocycles. The van der Waals surface area contributed by atoms with Crippen LogP contribution in [0.25, 0.3) is 0 Å². The Bertz CT molecular complexity index is 313. The fraction of sp³-hybridized carbons (Fsp3) is 0.818. The molecule has 4 heteroatoms. The predicted octanol–water partition coefficient (Wildman–Crippen LogP) is 3.14. The number of aryl methyl sites for hydroxylation is 1. The van der Waals surface area contributed by atoms with Crippen molar-refractivity contribution in [3.8, 4) is 0 Å². The molecule has 2 unspecified atom stereocenters. The summed E-state index contributed by atoms with van der Waals surface area (Å²) < 4.78 is 5.66. The molecule has 1 aromatic rings. The van der Waals surface area contributed by atoms with Crippen molar-refractivity contribution in [2.45, 2.75) is 44.9 Å². The van der Waals surface area contributed by atoms with Crippen LogP contribution in [0.1, 0.15) is 50.3 Å². The van der Waals surface area contributed by atoms with Crippen LogP contribution in [-0.2, 0) is 6.42 Å². The smallest absolute Gasteiger partial charge is 0.219 e.